The number of hydrogen-bond donors (Lipinski definition) is 1. The van der Waals surface area contributed by atoms with Crippen molar-refractivity contribution in [1.82, 2.24) is 10.5 Å². The monoisotopic (exact) mass is 161 g/mol. The zero-order valence-electron chi connectivity index (χ0n) is 6.25. The Morgan fingerprint density at radius 1 is 1.33 bits per heavy atom. The fourth-order valence-electron chi connectivity index (χ4n) is 0.861. The highest BCUT2D eigenvalue weighted by molar-refractivity contribution is 5.39. The molecular formula is C7H7N5. The minimum absolute atomic E-state index is 0.785. The minimum atomic E-state index is 0.785. The van der Waals surface area contributed by atoms with E-state index in [1.165, 1.54) is 0 Å². The van der Waals surface area contributed by atoms with Crippen LogP contribution in [0.15, 0.2) is 47.1 Å². The van der Waals surface area contributed by atoms with Crippen LogP contribution in [-0.2, 0) is 0 Å². The van der Waals surface area contributed by atoms with E-state index in [0.717, 1.165) is 5.82 Å². The van der Waals surface area contributed by atoms with Crippen LogP contribution in [0.3, 0.4) is 0 Å². The summed E-state index contributed by atoms with van der Waals surface area (Å²) in [6.45, 7) is 0. The van der Waals surface area contributed by atoms with Gasteiger partial charge in [0, 0.05) is 6.20 Å². The molecule has 0 radical (unpaired) electrons. The molecular weight excluding hydrogens is 154 g/mol. The smallest absolute Gasteiger partial charge is 0.152 e. The number of hydrogen-bond acceptors (Lipinski definition) is 5. The van der Waals surface area contributed by atoms with E-state index in [9.17, 15) is 0 Å². The molecule has 2 rings (SSSR count). The molecule has 1 aliphatic rings. The minimum Gasteiger partial charge on any atom is -0.237 e. The fourth-order valence-corrected chi connectivity index (χ4v) is 0.861. The van der Waals surface area contributed by atoms with Crippen molar-refractivity contribution >= 4 is 5.82 Å². The summed E-state index contributed by atoms with van der Waals surface area (Å²) in [6.07, 6.45) is 5.05. The van der Waals surface area contributed by atoms with Gasteiger partial charge in [-0.2, -0.15) is 5.53 Å². The lowest BCUT2D eigenvalue weighted by atomic mass is 10.4. The number of hydrazine groups is 1. The van der Waals surface area contributed by atoms with Crippen molar-refractivity contribution in [3.8, 4) is 0 Å². The molecule has 1 aliphatic heterocycles. The van der Waals surface area contributed by atoms with Crippen molar-refractivity contribution in [1.29, 1.82) is 0 Å². The Labute approximate surface area is 69.4 Å². The Morgan fingerprint density at radius 2 is 2.33 bits per heavy atom. The SMILES string of the molecule is C1=CN(c2ccccn2)NN=N1. The highest BCUT2D eigenvalue weighted by Gasteiger charge is 2.02. The standard InChI is InChI=1S/C7H7N5/c1-2-4-8-7(3-1)12-6-5-9-10-11-12/h1-6H,(H,9,11). The van der Waals surface area contributed by atoms with Gasteiger partial charge in [-0.15, -0.1) is 5.11 Å². The van der Waals surface area contributed by atoms with Crippen LogP contribution in [0.25, 0.3) is 0 Å². The summed E-state index contributed by atoms with van der Waals surface area (Å²) in [7, 11) is 0. The summed E-state index contributed by atoms with van der Waals surface area (Å²) in [5, 5.41) is 8.90. The molecule has 0 aromatic carbocycles. The molecule has 0 atom stereocenters. The van der Waals surface area contributed by atoms with E-state index in [1.54, 1.807) is 23.6 Å². The zero-order chi connectivity index (χ0) is 8.23. The van der Waals surface area contributed by atoms with Crippen molar-refractivity contribution in [3.63, 3.8) is 0 Å². The lowest BCUT2D eigenvalue weighted by Crippen LogP contribution is -2.30. The predicted octanol–water partition coefficient (Wildman–Crippen LogP) is 1.24. The van der Waals surface area contributed by atoms with Gasteiger partial charge in [-0.1, -0.05) is 11.3 Å². The van der Waals surface area contributed by atoms with Crippen molar-refractivity contribution < 1.29 is 0 Å². The van der Waals surface area contributed by atoms with E-state index in [4.69, 9.17) is 0 Å². The maximum absolute atomic E-state index is 4.11. The predicted molar refractivity (Wildman–Crippen MR) is 43.8 cm³/mol. The van der Waals surface area contributed by atoms with Gasteiger partial charge in [0.15, 0.2) is 5.82 Å². The second-order valence-corrected chi connectivity index (χ2v) is 2.17. The number of aromatic nitrogens is 1. The third-order valence-electron chi connectivity index (χ3n) is 1.39. The summed E-state index contributed by atoms with van der Waals surface area (Å²) in [6, 6.07) is 5.64. The second kappa shape index (κ2) is 3.00. The summed E-state index contributed by atoms with van der Waals surface area (Å²) in [4.78, 5) is 4.11. The number of rotatable bonds is 1. The van der Waals surface area contributed by atoms with Gasteiger partial charge in [0.2, 0.25) is 0 Å². The number of anilines is 1. The number of nitrogens with one attached hydrogen (secondary N) is 1. The number of nitrogens with zero attached hydrogens (tertiary/aromatic N) is 4. The molecule has 0 saturated heterocycles. The third-order valence-corrected chi connectivity index (χ3v) is 1.39. The van der Waals surface area contributed by atoms with Crippen LogP contribution in [-0.4, -0.2) is 4.98 Å². The maximum atomic E-state index is 4.11. The molecule has 0 saturated carbocycles. The summed E-state index contributed by atoms with van der Waals surface area (Å²) >= 11 is 0. The van der Waals surface area contributed by atoms with E-state index in [0.29, 0.717) is 0 Å². The van der Waals surface area contributed by atoms with Gasteiger partial charge in [-0.05, 0) is 12.1 Å². The van der Waals surface area contributed by atoms with Crippen LogP contribution >= 0.6 is 0 Å². The average molecular weight is 161 g/mol. The molecule has 5 nitrogen and oxygen atoms in total. The average Bonchev–Trinajstić information content (AvgIpc) is 2.21. The van der Waals surface area contributed by atoms with Crippen LogP contribution in [0.2, 0.25) is 0 Å². The summed E-state index contributed by atoms with van der Waals surface area (Å²) in [5.74, 6) is 0.785. The lowest BCUT2D eigenvalue weighted by molar-refractivity contribution is 0.675. The lowest BCUT2D eigenvalue weighted by Gasteiger charge is -2.17. The highest BCUT2D eigenvalue weighted by atomic mass is 15.7. The van der Waals surface area contributed by atoms with Crippen LogP contribution in [0, 0.1) is 0 Å². The molecule has 0 amide bonds. The zero-order valence-corrected chi connectivity index (χ0v) is 6.25. The molecule has 0 unspecified atom stereocenters. The second-order valence-electron chi connectivity index (χ2n) is 2.17. The fraction of sp³-hybridized carbons (Fsp3) is 0. The van der Waals surface area contributed by atoms with E-state index < -0.39 is 0 Å². The Balaban J connectivity index is 2.21. The molecule has 2 heterocycles. The van der Waals surface area contributed by atoms with E-state index in [1.807, 2.05) is 18.2 Å². The van der Waals surface area contributed by atoms with Crippen LogP contribution in [0.4, 0.5) is 5.82 Å². The molecule has 1 N–H and O–H groups in total. The Kier molecular flexibility index (Phi) is 1.69. The van der Waals surface area contributed by atoms with Crippen LogP contribution in [0.5, 0.6) is 0 Å². The molecule has 5 heteroatoms. The molecule has 0 fully saturated rings. The number of pyridine rings is 1. The first-order valence-corrected chi connectivity index (χ1v) is 3.49. The van der Waals surface area contributed by atoms with E-state index >= 15 is 0 Å². The molecule has 0 spiro atoms. The van der Waals surface area contributed by atoms with Crippen molar-refractivity contribution in [2.45, 2.75) is 0 Å². The molecule has 1 aromatic heterocycles. The molecule has 0 aliphatic carbocycles. The molecule has 0 bridgehead atoms. The Morgan fingerprint density at radius 3 is 3.00 bits per heavy atom. The maximum Gasteiger partial charge on any atom is 0.152 e. The van der Waals surface area contributed by atoms with E-state index in [2.05, 4.69) is 20.9 Å². The Bertz CT molecular complexity index is 305. The quantitative estimate of drug-likeness (QED) is 0.674. The van der Waals surface area contributed by atoms with Crippen LogP contribution < -0.4 is 10.5 Å². The Hall–Kier alpha value is -1.91. The van der Waals surface area contributed by atoms with Crippen molar-refractivity contribution in [2.75, 3.05) is 5.01 Å². The van der Waals surface area contributed by atoms with Gasteiger partial charge in [0.25, 0.3) is 0 Å². The summed E-state index contributed by atoms with van der Waals surface area (Å²) in [5.41, 5.74) is 2.68. The first-order chi connectivity index (χ1) is 5.97. The van der Waals surface area contributed by atoms with Crippen molar-refractivity contribution in [2.24, 2.45) is 10.3 Å². The van der Waals surface area contributed by atoms with Gasteiger partial charge in [-0.3, -0.25) is 0 Å². The van der Waals surface area contributed by atoms with Gasteiger partial charge >= 0.3 is 0 Å². The summed E-state index contributed by atoms with van der Waals surface area (Å²) < 4.78 is 0. The van der Waals surface area contributed by atoms with Gasteiger partial charge in [0.1, 0.15) is 0 Å². The van der Waals surface area contributed by atoms with Crippen molar-refractivity contribution in [3.05, 3.63) is 36.8 Å². The van der Waals surface area contributed by atoms with E-state index in [-0.39, 0.29) is 0 Å². The largest absolute Gasteiger partial charge is 0.237 e. The normalized spacial score (nSPS) is 14.5. The van der Waals surface area contributed by atoms with Crippen LogP contribution in [0.1, 0.15) is 0 Å². The molecule has 60 valence electrons. The van der Waals surface area contributed by atoms with Gasteiger partial charge in [-0.25, -0.2) is 9.99 Å². The van der Waals surface area contributed by atoms with Gasteiger partial charge in [0.05, 0.1) is 12.4 Å². The van der Waals surface area contributed by atoms with Gasteiger partial charge < -0.3 is 0 Å². The first kappa shape index (κ1) is 6.78. The third kappa shape index (κ3) is 1.24. The first-order valence-electron chi connectivity index (χ1n) is 3.49. The topological polar surface area (TPSA) is 52.9 Å². The molecule has 12 heavy (non-hydrogen) atoms. The molecule has 1 aromatic rings. The highest BCUT2D eigenvalue weighted by Crippen LogP contribution is 2.08.